The predicted octanol–water partition coefficient (Wildman–Crippen LogP) is 0.775. The fraction of sp³-hybridized carbons (Fsp3) is 0.500. The number of carboxylic acids is 1. The molecule has 1 amide bonds. The van der Waals surface area contributed by atoms with E-state index in [0.717, 1.165) is 10.7 Å². The fourth-order valence-electron chi connectivity index (χ4n) is 4.27. The Morgan fingerprint density at radius 3 is 2.79 bits per heavy atom. The van der Waals surface area contributed by atoms with E-state index in [-0.39, 0.29) is 23.6 Å². The number of hydrogen-bond acceptors (Lipinski definition) is 6. The van der Waals surface area contributed by atoms with Crippen molar-refractivity contribution in [3.8, 4) is 0 Å². The number of amides is 1. The van der Waals surface area contributed by atoms with Crippen LogP contribution in [0.3, 0.4) is 0 Å². The third-order valence-electron chi connectivity index (χ3n) is 5.26. The van der Waals surface area contributed by atoms with Crippen LogP contribution in [0.2, 0.25) is 0 Å². The topological polar surface area (TPSA) is 84.3 Å². The van der Waals surface area contributed by atoms with E-state index >= 15 is 0 Å². The molecule has 4 rings (SSSR count). The molecule has 4 atom stereocenters. The molecule has 24 heavy (non-hydrogen) atoms. The van der Waals surface area contributed by atoms with E-state index in [0.29, 0.717) is 12.2 Å². The maximum Gasteiger partial charge on any atom is 0.352 e. The van der Waals surface area contributed by atoms with Crippen LogP contribution in [0.1, 0.15) is 13.8 Å². The van der Waals surface area contributed by atoms with Crippen LogP contribution in [0.15, 0.2) is 33.6 Å². The zero-order valence-corrected chi connectivity index (χ0v) is 14.4. The van der Waals surface area contributed by atoms with Gasteiger partial charge in [0.2, 0.25) is 5.91 Å². The molecule has 0 spiro atoms. The molecule has 1 fully saturated rings. The highest BCUT2D eigenvalue weighted by Crippen LogP contribution is 2.52. The standard InChI is InChI=1S/C16H19N3O4S/c1-7-9(12-15-18(4-5-24-15)6-17(12)3)13(16(22)23)19-11(7)10(8(2)20)14(19)21/h4-5,7-8,10-11,20H,6H2,1-3H3,(H,22,23)/t7-,8+,10+,11+/m0/s1. The number of carbonyl (C=O) groups excluding carboxylic acids is 1. The first-order chi connectivity index (χ1) is 11.3. The lowest BCUT2D eigenvalue weighted by Crippen LogP contribution is -2.63. The highest BCUT2D eigenvalue weighted by atomic mass is 32.2. The molecule has 7 nitrogen and oxygen atoms in total. The molecule has 4 aliphatic rings. The normalized spacial score (nSPS) is 32.6. The van der Waals surface area contributed by atoms with E-state index in [4.69, 9.17) is 0 Å². The number of rotatable bonds is 3. The molecule has 2 N–H and O–H groups in total. The van der Waals surface area contributed by atoms with Gasteiger partial charge < -0.3 is 24.9 Å². The zero-order valence-electron chi connectivity index (χ0n) is 13.6. The maximum atomic E-state index is 12.4. The second kappa shape index (κ2) is 5.03. The van der Waals surface area contributed by atoms with E-state index in [2.05, 4.69) is 4.90 Å². The summed E-state index contributed by atoms with van der Waals surface area (Å²) in [5.74, 6) is -2.06. The Balaban J connectivity index is 1.84. The minimum atomic E-state index is -1.09. The number of hydrogen-bond donors (Lipinski definition) is 2. The summed E-state index contributed by atoms with van der Waals surface area (Å²) in [5, 5.41) is 22.7. The van der Waals surface area contributed by atoms with Crippen molar-refractivity contribution < 1.29 is 19.8 Å². The van der Waals surface area contributed by atoms with Gasteiger partial charge in [0.1, 0.15) is 10.7 Å². The molecule has 0 aromatic carbocycles. The second-order valence-corrected chi connectivity index (χ2v) is 7.58. The minimum Gasteiger partial charge on any atom is -0.477 e. The largest absolute Gasteiger partial charge is 0.477 e. The number of aliphatic hydroxyl groups is 1. The van der Waals surface area contributed by atoms with Gasteiger partial charge in [-0.05, 0) is 12.3 Å². The zero-order chi connectivity index (χ0) is 17.3. The highest BCUT2D eigenvalue weighted by Gasteiger charge is 2.61. The van der Waals surface area contributed by atoms with Crippen LogP contribution in [-0.4, -0.2) is 62.7 Å². The highest BCUT2D eigenvalue weighted by molar-refractivity contribution is 8.06. The summed E-state index contributed by atoms with van der Waals surface area (Å²) < 4.78 is 0. The fourth-order valence-corrected chi connectivity index (χ4v) is 5.24. The van der Waals surface area contributed by atoms with Gasteiger partial charge in [-0.25, -0.2) is 4.79 Å². The Morgan fingerprint density at radius 1 is 1.46 bits per heavy atom. The minimum absolute atomic E-state index is 0.0677. The molecule has 0 aromatic rings. The monoisotopic (exact) mass is 349 g/mol. The van der Waals surface area contributed by atoms with E-state index in [1.807, 2.05) is 30.5 Å². The number of allylic oxidation sites excluding steroid dienone is 1. The Morgan fingerprint density at radius 2 is 2.17 bits per heavy atom. The van der Waals surface area contributed by atoms with Gasteiger partial charge in [0.05, 0.1) is 30.4 Å². The predicted molar refractivity (Wildman–Crippen MR) is 87.9 cm³/mol. The molecule has 1 saturated heterocycles. The molecule has 0 aromatic heterocycles. The summed E-state index contributed by atoms with van der Waals surface area (Å²) in [5.41, 5.74) is 1.64. The average Bonchev–Trinajstić information content (AvgIpc) is 3.10. The van der Waals surface area contributed by atoms with Gasteiger partial charge in [-0.1, -0.05) is 18.7 Å². The number of aliphatic carboxylic acids is 1. The maximum absolute atomic E-state index is 12.4. The van der Waals surface area contributed by atoms with Gasteiger partial charge in [-0.15, -0.1) is 0 Å². The smallest absolute Gasteiger partial charge is 0.352 e. The van der Waals surface area contributed by atoms with Crippen molar-refractivity contribution in [3.05, 3.63) is 33.6 Å². The first-order valence-electron chi connectivity index (χ1n) is 7.89. The van der Waals surface area contributed by atoms with Crippen molar-refractivity contribution in [1.82, 2.24) is 14.7 Å². The molecule has 0 radical (unpaired) electrons. The molecular weight excluding hydrogens is 330 g/mol. The second-order valence-electron chi connectivity index (χ2n) is 6.69. The summed E-state index contributed by atoms with van der Waals surface area (Å²) in [4.78, 5) is 29.8. The summed E-state index contributed by atoms with van der Waals surface area (Å²) in [7, 11) is 1.93. The van der Waals surface area contributed by atoms with Crippen LogP contribution in [-0.2, 0) is 9.59 Å². The van der Waals surface area contributed by atoms with Crippen LogP contribution in [0.4, 0.5) is 0 Å². The van der Waals surface area contributed by atoms with Crippen molar-refractivity contribution >= 4 is 23.6 Å². The molecule has 0 aliphatic carbocycles. The van der Waals surface area contributed by atoms with Gasteiger partial charge in [-0.2, -0.15) is 0 Å². The number of aliphatic hydroxyl groups excluding tert-OH is 1. The lowest BCUT2D eigenvalue weighted by atomic mass is 9.77. The van der Waals surface area contributed by atoms with E-state index < -0.39 is 18.0 Å². The third kappa shape index (κ3) is 1.78. The van der Waals surface area contributed by atoms with Crippen LogP contribution in [0.5, 0.6) is 0 Å². The number of β-lactam (4-membered cyclic amide) rings is 1. The van der Waals surface area contributed by atoms with Crippen LogP contribution >= 0.6 is 11.8 Å². The van der Waals surface area contributed by atoms with Crippen LogP contribution in [0.25, 0.3) is 0 Å². The summed E-state index contributed by atoms with van der Waals surface area (Å²) in [6, 6.07) is -0.284. The Hall–Kier alpha value is -1.93. The molecular formula is C16H19N3O4S. The van der Waals surface area contributed by atoms with Crippen molar-refractivity contribution in [2.75, 3.05) is 13.7 Å². The first kappa shape index (κ1) is 15.6. The third-order valence-corrected chi connectivity index (χ3v) is 6.17. The first-order valence-corrected chi connectivity index (χ1v) is 8.77. The number of nitrogens with zero attached hydrogens (tertiary/aromatic N) is 3. The van der Waals surface area contributed by atoms with Gasteiger partial charge >= 0.3 is 5.97 Å². The van der Waals surface area contributed by atoms with Gasteiger partial charge in [0.15, 0.2) is 0 Å². The van der Waals surface area contributed by atoms with Crippen molar-refractivity contribution in [2.45, 2.75) is 26.0 Å². The summed E-state index contributed by atoms with van der Waals surface area (Å²) >= 11 is 1.56. The quantitative estimate of drug-likeness (QED) is 0.728. The van der Waals surface area contributed by atoms with Gasteiger partial charge in [0, 0.05) is 24.7 Å². The SMILES string of the molecule is C[C@@H](O)[C@H]1C(=O)N2C(C(=O)O)=C(C3=C4SC=CN4CN3C)[C@H](C)[C@H]12. The molecule has 128 valence electrons. The summed E-state index contributed by atoms with van der Waals surface area (Å²) in [6.45, 7) is 4.20. The number of carbonyl (C=O) groups is 2. The van der Waals surface area contributed by atoms with Crippen LogP contribution in [0, 0.1) is 11.8 Å². The van der Waals surface area contributed by atoms with Gasteiger partial charge in [-0.3, -0.25) is 4.79 Å². The Bertz CT molecular complexity index is 742. The van der Waals surface area contributed by atoms with E-state index in [9.17, 15) is 19.8 Å². The van der Waals surface area contributed by atoms with Gasteiger partial charge in [0.25, 0.3) is 0 Å². The molecule has 0 bridgehead atoms. The van der Waals surface area contributed by atoms with Crippen molar-refractivity contribution in [1.29, 1.82) is 0 Å². The molecule has 8 heteroatoms. The number of thioether (sulfide) groups is 1. The molecule has 0 saturated carbocycles. The molecule has 4 aliphatic heterocycles. The number of likely N-dealkylation sites (N-methyl/N-ethyl adjacent to an activating group) is 1. The van der Waals surface area contributed by atoms with Crippen molar-refractivity contribution in [3.63, 3.8) is 0 Å². The lowest BCUT2D eigenvalue weighted by Gasteiger charge is -2.46. The molecule has 4 heterocycles. The Kier molecular flexibility index (Phi) is 3.27. The van der Waals surface area contributed by atoms with Crippen LogP contribution < -0.4 is 0 Å². The number of carboxylic acid groups (broad SMARTS) is 1. The van der Waals surface area contributed by atoms with Crippen molar-refractivity contribution in [2.24, 2.45) is 11.8 Å². The summed E-state index contributed by atoms with van der Waals surface area (Å²) in [6.07, 6.45) is 1.19. The Labute approximate surface area is 143 Å². The average molecular weight is 349 g/mol. The van der Waals surface area contributed by atoms with E-state index in [1.54, 1.807) is 18.7 Å². The molecule has 0 unspecified atom stereocenters. The lowest BCUT2D eigenvalue weighted by molar-refractivity contribution is -0.163. The number of fused-ring (bicyclic) bond motifs is 2. The van der Waals surface area contributed by atoms with E-state index in [1.165, 1.54) is 4.90 Å².